The number of anilines is 1. The van der Waals surface area contributed by atoms with E-state index in [1.165, 1.54) is 0 Å². The van der Waals surface area contributed by atoms with Crippen LogP contribution in [0.25, 0.3) is 10.9 Å². The summed E-state index contributed by atoms with van der Waals surface area (Å²) in [7, 11) is 0. The number of carbonyl (C=O) groups excluding carboxylic acids is 2. The zero-order valence-electron chi connectivity index (χ0n) is 15.0. The topological polar surface area (TPSA) is 71.1 Å². The van der Waals surface area contributed by atoms with Crippen molar-refractivity contribution < 1.29 is 9.59 Å². The minimum atomic E-state index is -0.709. The average molecular weight is 347 g/mol. The number of carbonyl (C=O) groups is 2. The highest BCUT2D eigenvalue weighted by molar-refractivity contribution is 6.39. The molecule has 0 aliphatic heterocycles. The Balaban J connectivity index is 1.69. The summed E-state index contributed by atoms with van der Waals surface area (Å²) >= 11 is 0. The largest absolute Gasteiger partial charge is 0.341 e. The molecule has 2 N–H and O–H groups in total. The van der Waals surface area contributed by atoms with Gasteiger partial charge < -0.3 is 10.6 Å². The first kappa shape index (κ1) is 17.6. The maximum atomic E-state index is 12.2. The monoisotopic (exact) mass is 347 g/mol. The number of aromatic nitrogens is 1. The molecule has 0 radical (unpaired) electrons. The zero-order valence-corrected chi connectivity index (χ0v) is 15.0. The van der Waals surface area contributed by atoms with Crippen molar-refractivity contribution in [1.82, 2.24) is 10.3 Å². The number of pyridine rings is 1. The number of hydrogen-bond acceptors (Lipinski definition) is 3. The molecule has 1 heterocycles. The summed E-state index contributed by atoms with van der Waals surface area (Å²) in [5.74, 6) is -1.38. The molecule has 0 saturated carbocycles. The fourth-order valence-electron chi connectivity index (χ4n) is 2.91. The van der Waals surface area contributed by atoms with Crippen molar-refractivity contribution in [1.29, 1.82) is 0 Å². The van der Waals surface area contributed by atoms with Gasteiger partial charge in [0.15, 0.2) is 0 Å². The highest BCUT2D eigenvalue weighted by Crippen LogP contribution is 2.20. The summed E-state index contributed by atoms with van der Waals surface area (Å²) in [6, 6.07) is 15.0. The molecule has 0 aliphatic carbocycles. The summed E-state index contributed by atoms with van der Waals surface area (Å²) in [6.45, 7) is 5.89. The number of nitrogens with one attached hydrogen (secondary N) is 2. The fourth-order valence-corrected chi connectivity index (χ4v) is 2.91. The van der Waals surface area contributed by atoms with E-state index in [2.05, 4.69) is 15.6 Å². The molecule has 0 aliphatic rings. The van der Waals surface area contributed by atoms with Gasteiger partial charge in [-0.25, -0.2) is 0 Å². The predicted octanol–water partition coefficient (Wildman–Crippen LogP) is 3.67. The molecular weight excluding hydrogens is 326 g/mol. The van der Waals surface area contributed by atoms with Gasteiger partial charge in [-0.2, -0.15) is 0 Å². The minimum absolute atomic E-state index is 0.261. The maximum absolute atomic E-state index is 12.2. The van der Waals surface area contributed by atoms with Crippen molar-refractivity contribution in [3.05, 3.63) is 71.4 Å². The number of aryl methyl sites for hydroxylation is 1. The molecule has 1 unspecified atom stereocenters. The van der Waals surface area contributed by atoms with Gasteiger partial charge in [0, 0.05) is 5.39 Å². The highest BCUT2D eigenvalue weighted by atomic mass is 16.2. The van der Waals surface area contributed by atoms with Crippen LogP contribution in [-0.2, 0) is 9.59 Å². The normalized spacial score (nSPS) is 11.8. The molecule has 132 valence electrons. The van der Waals surface area contributed by atoms with Crippen molar-refractivity contribution in [3.63, 3.8) is 0 Å². The molecule has 3 rings (SSSR count). The number of rotatable bonds is 3. The Morgan fingerprint density at radius 2 is 1.77 bits per heavy atom. The van der Waals surface area contributed by atoms with E-state index in [0.717, 1.165) is 27.6 Å². The average Bonchev–Trinajstić information content (AvgIpc) is 2.63. The molecule has 2 amide bonds. The number of nitrogens with zero attached hydrogens (tertiary/aromatic N) is 1. The number of benzene rings is 2. The summed E-state index contributed by atoms with van der Waals surface area (Å²) in [5, 5.41) is 6.25. The van der Waals surface area contributed by atoms with Gasteiger partial charge in [-0.05, 0) is 49.6 Å². The highest BCUT2D eigenvalue weighted by Gasteiger charge is 2.18. The van der Waals surface area contributed by atoms with Crippen LogP contribution in [0.3, 0.4) is 0 Å². The predicted molar refractivity (Wildman–Crippen MR) is 103 cm³/mol. The van der Waals surface area contributed by atoms with E-state index in [4.69, 9.17) is 0 Å². The lowest BCUT2D eigenvalue weighted by molar-refractivity contribution is -0.136. The van der Waals surface area contributed by atoms with Gasteiger partial charge in [-0.15, -0.1) is 0 Å². The second-order valence-corrected chi connectivity index (χ2v) is 6.36. The Bertz CT molecular complexity index is 982. The molecule has 0 saturated heterocycles. The Morgan fingerprint density at radius 3 is 2.58 bits per heavy atom. The Labute approximate surface area is 152 Å². The number of hydrogen-bond donors (Lipinski definition) is 2. The van der Waals surface area contributed by atoms with Crippen molar-refractivity contribution in [3.8, 4) is 0 Å². The van der Waals surface area contributed by atoms with E-state index in [1.807, 2.05) is 63.2 Å². The third-order valence-corrected chi connectivity index (χ3v) is 4.52. The molecule has 0 bridgehead atoms. The van der Waals surface area contributed by atoms with Crippen LogP contribution in [-0.4, -0.2) is 16.8 Å². The van der Waals surface area contributed by atoms with Crippen LogP contribution in [0.1, 0.15) is 29.7 Å². The molecule has 5 nitrogen and oxygen atoms in total. The van der Waals surface area contributed by atoms with Gasteiger partial charge in [0.1, 0.15) is 0 Å². The van der Waals surface area contributed by atoms with Gasteiger partial charge >= 0.3 is 11.8 Å². The second kappa shape index (κ2) is 7.35. The number of fused-ring (bicyclic) bond motifs is 1. The third-order valence-electron chi connectivity index (χ3n) is 4.52. The smallest absolute Gasteiger partial charge is 0.313 e. The van der Waals surface area contributed by atoms with E-state index >= 15 is 0 Å². The summed E-state index contributed by atoms with van der Waals surface area (Å²) in [6.07, 6.45) is 1.54. The lowest BCUT2D eigenvalue weighted by atomic mass is 9.98. The van der Waals surface area contributed by atoms with Gasteiger partial charge in [-0.1, -0.05) is 36.4 Å². The fraction of sp³-hybridized carbons (Fsp3) is 0.190. The SMILES string of the molecule is Cc1cccc(C(C)NC(=O)C(=O)Nc2cnc3ccccc3c2)c1C. The summed E-state index contributed by atoms with van der Waals surface area (Å²) in [4.78, 5) is 28.7. The molecule has 0 fully saturated rings. The van der Waals surface area contributed by atoms with E-state index in [1.54, 1.807) is 12.3 Å². The van der Waals surface area contributed by atoms with Crippen LogP contribution >= 0.6 is 0 Å². The van der Waals surface area contributed by atoms with Gasteiger partial charge in [-0.3, -0.25) is 14.6 Å². The van der Waals surface area contributed by atoms with Crippen LogP contribution in [0.2, 0.25) is 0 Å². The van der Waals surface area contributed by atoms with Crippen molar-refractivity contribution in [2.24, 2.45) is 0 Å². The summed E-state index contributed by atoms with van der Waals surface area (Å²) < 4.78 is 0. The van der Waals surface area contributed by atoms with E-state index in [9.17, 15) is 9.59 Å². The first-order valence-electron chi connectivity index (χ1n) is 8.48. The molecule has 3 aromatic rings. The van der Waals surface area contributed by atoms with Crippen molar-refractivity contribution >= 4 is 28.4 Å². The van der Waals surface area contributed by atoms with E-state index in [-0.39, 0.29) is 6.04 Å². The Hall–Kier alpha value is -3.21. The third kappa shape index (κ3) is 3.72. The van der Waals surface area contributed by atoms with Crippen LogP contribution in [0.15, 0.2) is 54.7 Å². The van der Waals surface area contributed by atoms with E-state index in [0.29, 0.717) is 5.69 Å². The molecule has 2 aromatic carbocycles. The molecule has 0 spiro atoms. The van der Waals surface area contributed by atoms with Crippen LogP contribution in [0.4, 0.5) is 5.69 Å². The standard InChI is InChI=1S/C21H21N3O2/c1-13-7-6-9-18(14(13)2)15(3)23-20(25)21(26)24-17-11-16-8-4-5-10-19(16)22-12-17/h4-12,15H,1-3H3,(H,23,25)(H,24,26). The van der Waals surface area contributed by atoms with Crippen molar-refractivity contribution in [2.75, 3.05) is 5.32 Å². The number of para-hydroxylation sites is 1. The van der Waals surface area contributed by atoms with Gasteiger partial charge in [0.2, 0.25) is 0 Å². The van der Waals surface area contributed by atoms with Crippen LogP contribution < -0.4 is 10.6 Å². The summed E-state index contributed by atoms with van der Waals surface area (Å²) in [5.41, 5.74) is 4.58. The Kier molecular flexibility index (Phi) is 4.98. The number of amides is 2. The molecule has 26 heavy (non-hydrogen) atoms. The van der Waals surface area contributed by atoms with Crippen molar-refractivity contribution in [2.45, 2.75) is 26.8 Å². The first-order valence-corrected chi connectivity index (χ1v) is 8.48. The Morgan fingerprint density at radius 1 is 1.00 bits per heavy atom. The van der Waals surface area contributed by atoms with Gasteiger partial charge in [0.25, 0.3) is 0 Å². The molecular formula is C21H21N3O2. The van der Waals surface area contributed by atoms with Crippen LogP contribution in [0.5, 0.6) is 0 Å². The van der Waals surface area contributed by atoms with Crippen LogP contribution in [0, 0.1) is 13.8 Å². The maximum Gasteiger partial charge on any atom is 0.313 e. The minimum Gasteiger partial charge on any atom is -0.341 e. The second-order valence-electron chi connectivity index (χ2n) is 6.36. The van der Waals surface area contributed by atoms with Gasteiger partial charge in [0.05, 0.1) is 23.4 Å². The molecule has 5 heteroatoms. The quantitative estimate of drug-likeness (QED) is 0.710. The zero-order chi connectivity index (χ0) is 18.7. The van der Waals surface area contributed by atoms with E-state index < -0.39 is 11.8 Å². The molecule has 1 atom stereocenters. The lowest BCUT2D eigenvalue weighted by Crippen LogP contribution is -2.37. The lowest BCUT2D eigenvalue weighted by Gasteiger charge is -2.17. The first-order chi connectivity index (χ1) is 12.5. The molecule has 1 aromatic heterocycles.